The van der Waals surface area contributed by atoms with Gasteiger partial charge in [-0.15, -0.1) is 0 Å². The minimum absolute atomic E-state index is 0.436. The zero-order valence-electron chi connectivity index (χ0n) is 12.7. The van der Waals surface area contributed by atoms with E-state index in [1.54, 1.807) is 18.3 Å². The predicted octanol–water partition coefficient (Wildman–Crippen LogP) is 4.74. The molecule has 0 aliphatic heterocycles. The number of pyridine rings is 1. The molecule has 0 saturated heterocycles. The second-order valence-electron chi connectivity index (χ2n) is 5.29. The summed E-state index contributed by atoms with van der Waals surface area (Å²) in [5, 5.41) is 0. The predicted molar refractivity (Wildman–Crippen MR) is 90.1 cm³/mol. The van der Waals surface area contributed by atoms with Crippen LogP contribution in [0.3, 0.4) is 0 Å². The highest BCUT2D eigenvalue weighted by molar-refractivity contribution is 5.71. The maximum Gasteiger partial charge on any atom is 0.242 e. The molecule has 3 aromatic rings. The molecule has 0 unspecified atom stereocenters. The molecule has 3 rings (SSSR count). The molecular weight excluding hydrogens is 272 g/mol. The standard InChI is InChI=1S/C19H18N2O/c1-13-6-3-4-7-16(13)17-10-9-15(12-14(17)2)22-19-18(20)8-5-11-21-19/h3-12H,20H2,1-2H3. The number of aryl methyl sites for hydroxylation is 2. The third-order valence-electron chi connectivity index (χ3n) is 3.65. The number of nitrogens with two attached hydrogens (primary N) is 1. The molecular formula is C19H18N2O. The number of anilines is 1. The highest BCUT2D eigenvalue weighted by atomic mass is 16.5. The van der Waals surface area contributed by atoms with Gasteiger partial charge in [0.2, 0.25) is 5.88 Å². The average molecular weight is 290 g/mol. The van der Waals surface area contributed by atoms with Crippen LogP contribution in [0.4, 0.5) is 5.69 Å². The third-order valence-corrected chi connectivity index (χ3v) is 3.65. The zero-order valence-corrected chi connectivity index (χ0v) is 12.7. The number of nitrogens with zero attached hydrogens (tertiary/aromatic N) is 1. The van der Waals surface area contributed by atoms with Crippen molar-refractivity contribution in [2.24, 2.45) is 0 Å². The van der Waals surface area contributed by atoms with Gasteiger partial charge in [0, 0.05) is 6.20 Å². The van der Waals surface area contributed by atoms with E-state index < -0.39 is 0 Å². The van der Waals surface area contributed by atoms with Crippen LogP contribution < -0.4 is 10.5 Å². The zero-order chi connectivity index (χ0) is 15.5. The van der Waals surface area contributed by atoms with Crippen LogP contribution in [0, 0.1) is 13.8 Å². The van der Waals surface area contributed by atoms with Gasteiger partial charge in [0.1, 0.15) is 5.75 Å². The van der Waals surface area contributed by atoms with Crippen LogP contribution in [-0.4, -0.2) is 4.98 Å². The summed E-state index contributed by atoms with van der Waals surface area (Å²) in [5.41, 5.74) is 11.2. The molecule has 0 spiro atoms. The molecule has 0 aliphatic rings. The molecule has 0 atom stereocenters. The Morgan fingerprint density at radius 3 is 2.36 bits per heavy atom. The lowest BCUT2D eigenvalue weighted by molar-refractivity contribution is 0.465. The van der Waals surface area contributed by atoms with Gasteiger partial charge >= 0.3 is 0 Å². The number of benzene rings is 2. The van der Waals surface area contributed by atoms with Gasteiger partial charge in [-0.05, 0) is 60.4 Å². The molecule has 0 saturated carbocycles. The maximum atomic E-state index is 5.86. The minimum Gasteiger partial charge on any atom is -0.437 e. The van der Waals surface area contributed by atoms with Gasteiger partial charge in [0.15, 0.2) is 0 Å². The largest absolute Gasteiger partial charge is 0.437 e. The van der Waals surface area contributed by atoms with E-state index in [0.29, 0.717) is 11.6 Å². The smallest absolute Gasteiger partial charge is 0.242 e. The first-order chi connectivity index (χ1) is 10.6. The van der Waals surface area contributed by atoms with Crippen LogP contribution in [-0.2, 0) is 0 Å². The first kappa shape index (κ1) is 14.1. The van der Waals surface area contributed by atoms with Crippen molar-refractivity contribution in [3.8, 4) is 22.8 Å². The Bertz CT molecular complexity index is 812. The SMILES string of the molecule is Cc1ccccc1-c1ccc(Oc2ncccc2N)cc1C. The molecule has 1 aromatic heterocycles. The lowest BCUT2D eigenvalue weighted by atomic mass is 9.97. The van der Waals surface area contributed by atoms with Gasteiger partial charge in [0.05, 0.1) is 5.69 Å². The molecule has 0 bridgehead atoms. The fourth-order valence-electron chi connectivity index (χ4n) is 2.48. The molecule has 1 heterocycles. The monoisotopic (exact) mass is 290 g/mol. The molecule has 2 aromatic carbocycles. The Morgan fingerprint density at radius 1 is 0.864 bits per heavy atom. The Labute approximate surface area is 130 Å². The maximum absolute atomic E-state index is 5.86. The first-order valence-electron chi connectivity index (χ1n) is 7.20. The molecule has 0 amide bonds. The fourth-order valence-corrected chi connectivity index (χ4v) is 2.48. The van der Waals surface area contributed by atoms with Crippen molar-refractivity contribution in [3.05, 3.63) is 71.9 Å². The number of hydrogen-bond acceptors (Lipinski definition) is 3. The van der Waals surface area contributed by atoms with E-state index in [0.717, 1.165) is 11.3 Å². The van der Waals surface area contributed by atoms with Crippen LogP contribution >= 0.6 is 0 Å². The lowest BCUT2D eigenvalue weighted by Crippen LogP contribution is -1.95. The molecule has 110 valence electrons. The van der Waals surface area contributed by atoms with E-state index in [-0.39, 0.29) is 0 Å². The number of rotatable bonds is 3. The summed E-state index contributed by atoms with van der Waals surface area (Å²) in [4.78, 5) is 4.15. The second kappa shape index (κ2) is 5.90. The molecule has 3 heteroatoms. The number of aromatic nitrogens is 1. The van der Waals surface area contributed by atoms with Crippen molar-refractivity contribution in [3.63, 3.8) is 0 Å². The Kier molecular flexibility index (Phi) is 3.79. The van der Waals surface area contributed by atoms with Gasteiger partial charge in [-0.25, -0.2) is 4.98 Å². The van der Waals surface area contributed by atoms with Crippen LogP contribution in [0.1, 0.15) is 11.1 Å². The summed E-state index contributed by atoms with van der Waals surface area (Å²) in [5.74, 6) is 1.17. The third kappa shape index (κ3) is 2.79. The van der Waals surface area contributed by atoms with E-state index >= 15 is 0 Å². The molecule has 0 radical (unpaired) electrons. The molecule has 2 N–H and O–H groups in total. The first-order valence-corrected chi connectivity index (χ1v) is 7.20. The van der Waals surface area contributed by atoms with Crippen LogP contribution in [0.5, 0.6) is 11.6 Å². The highest BCUT2D eigenvalue weighted by Crippen LogP contribution is 2.31. The van der Waals surface area contributed by atoms with Crippen molar-refractivity contribution in [2.75, 3.05) is 5.73 Å². The van der Waals surface area contributed by atoms with Crippen molar-refractivity contribution in [1.82, 2.24) is 4.98 Å². The normalized spacial score (nSPS) is 10.5. The number of ether oxygens (including phenoxy) is 1. The van der Waals surface area contributed by atoms with E-state index in [4.69, 9.17) is 10.5 Å². The van der Waals surface area contributed by atoms with Gasteiger partial charge in [-0.3, -0.25) is 0 Å². The molecule has 22 heavy (non-hydrogen) atoms. The van der Waals surface area contributed by atoms with Gasteiger partial charge in [0.25, 0.3) is 0 Å². The van der Waals surface area contributed by atoms with Gasteiger partial charge < -0.3 is 10.5 Å². The highest BCUT2D eigenvalue weighted by Gasteiger charge is 2.08. The quantitative estimate of drug-likeness (QED) is 0.758. The summed E-state index contributed by atoms with van der Waals surface area (Å²) in [6.45, 7) is 4.20. The van der Waals surface area contributed by atoms with Crippen molar-refractivity contribution in [1.29, 1.82) is 0 Å². The van der Waals surface area contributed by atoms with Crippen molar-refractivity contribution >= 4 is 5.69 Å². The average Bonchev–Trinajstić information content (AvgIpc) is 2.51. The summed E-state index contributed by atoms with van der Waals surface area (Å²) in [6, 6.07) is 18.0. The van der Waals surface area contributed by atoms with E-state index in [9.17, 15) is 0 Å². The van der Waals surface area contributed by atoms with Crippen LogP contribution in [0.15, 0.2) is 60.8 Å². The number of hydrogen-bond donors (Lipinski definition) is 1. The Balaban J connectivity index is 1.93. The molecule has 0 fully saturated rings. The van der Waals surface area contributed by atoms with E-state index in [2.05, 4.69) is 49.2 Å². The minimum atomic E-state index is 0.436. The van der Waals surface area contributed by atoms with E-state index in [1.807, 2.05) is 12.1 Å². The second-order valence-corrected chi connectivity index (χ2v) is 5.29. The van der Waals surface area contributed by atoms with Crippen LogP contribution in [0.2, 0.25) is 0 Å². The van der Waals surface area contributed by atoms with Gasteiger partial charge in [-0.2, -0.15) is 0 Å². The summed E-state index contributed by atoms with van der Waals surface area (Å²) >= 11 is 0. The summed E-state index contributed by atoms with van der Waals surface area (Å²) < 4.78 is 5.77. The Morgan fingerprint density at radius 2 is 1.64 bits per heavy atom. The summed E-state index contributed by atoms with van der Waals surface area (Å²) in [6.07, 6.45) is 1.67. The molecule has 3 nitrogen and oxygen atoms in total. The lowest BCUT2D eigenvalue weighted by Gasteiger charge is -2.12. The summed E-state index contributed by atoms with van der Waals surface area (Å²) in [7, 11) is 0. The topological polar surface area (TPSA) is 48.1 Å². The van der Waals surface area contributed by atoms with Crippen molar-refractivity contribution < 1.29 is 4.74 Å². The number of nitrogen functional groups attached to an aromatic ring is 1. The Hall–Kier alpha value is -2.81. The molecule has 0 aliphatic carbocycles. The van der Waals surface area contributed by atoms with Gasteiger partial charge in [-0.1, -0.05) is 30.3 Å². The fraction of sp³-hybridized carbons (Fsp3) is 0.105. The van der Waals surface area contributed by atoms with Crippen molar-refractivity contribution in [2.45, 2.75) is 13.8 Å². The van der Waals surface area contributed by atoms with E-state index in [1.165, 1.54) is 16.7 Å². The van der Waals surface area contributed by atoms with Crippen LogP contribution in [0.25, 0.3) is 11.1 Å².